The van der Waals surface area contributed by atoms with Crippen LogP contribution in [0.15, 0.2) is 0 Å². The van der Waals surface area contributed by atoms with Gasteiger partial charge in [-0.1, -0.05) is 0 Å². The fraction of sp³-hybridized carbons (Fsp3) is 0.955. The Balaban J connectivity index is 1.85. The highest BCUT2D eigenvalue weighted by Crippen LogP contribution is 2.32. The standard InChI is InChI=1S/C22H42FN5O12/c23-6(1-2-24)20(36)28-8-3-7(26)18(39-22-16(34)15(33)13(31)9(4-25)37-22)17(35)19(8)40-21-14(32)11(27)12(30)10(5-29)38-21/h6-19,21-22,29-35H,1-5,24-27H2,(H,28,36). The van der Waals surface area contributed by atoms with Crippen molar-refractivity contribution in [3.05, 3.63) is 0 Å². The summed E-state index contributed by atoms with van der Waals surface area (Å²) in [6.45, 7) is -1.05. The molecule has 3 fully saturated rings. The molecule has 0 aromatic carbocycles. The van der Waals surface area contributed by atoms with Gasteiger partial charge in [-0.2, -0.15) is 0 Å². The van der Waals surface area contributed by atoms with E-state index in [2.05, 4.69) is 5.32 Å². The van der Waals surface area contributed by atoms with Crippen molar-refractivity contribution in [2.45, 2.75) is 111 Å². The number of nitrogens with one attached hydrogen (secondary N) is 1. The number of rotatable bonds is 10. The van der Waals surface area contributed by atoms with Gasteiger partial charge in [0.25, 0.3) is 5.91 Å². The first kappa shape index (κ1) is 33.3. The number of carbonyl (C=O) groups excluding carboxylic acids is 1. The van der Waals surface area contributed by atoms with Gasteiger partial charge in [0.2, 0.25) is 0 Å². The van der Waals surface area contributed by atoms with Crippen LogP contribution in [0, 0.1) is 0 Å². The average Bonchev–Trinajstić information content (AvgIpc) is 2.92. The molecule has 16 atom stereocenters. The molecule has 0 radical (unpaired) electrons. The first-order chi connectivity index (χ1) is 18.9. The van der Waals surface area contributed by atoms with Crippen molar-refractivity contribution < 1.29 is 63.9 Å². The largest absolute Gasteiger partial charge is 0.394 e. The molecular weight excluding hydrogens is 545 g/mol. The molecule has 0 aromatic rings. The zero-order valence-corrected chi connectivity index (χ0v) is 21.6. The molecule has 2 saturated heterocycles. The van der Waals surface area contributed by atoms with E-state index in [1.54, 1.807) is 0 Å². The van der Waals surface area contributed by atoms with Crippen LogP contribution in [0.25, 0.3) is 0 Å². The average molecular weight is 588 g/mol. The van der Waals surface area contributed by atoms with E-state index in [9.17, 15) is 44.9 Å². The number of carbonyl (C=O) groups is 1. The van der Waals surface area contributed by atoms with Crippen molar-refractivity contribution in [2.75, 3.05) is 19.7 Å². The number of hydrogen-bond acceptors (Lipinski definition) is 16. The summed E-state index contributed by atoms with van der Waals surface area (Å²) in [5.74, 6) is -1.07. The Morgan fingerprint density at radius 1 is 0.875 bits per heavy atom. The number of alkyl halides is 1. The molecule has 16 unspecified atom stereocenters. The molecule has 2 heterocycles. The molecule has 0 aromatic heterocycles. The Bertz CT molecular complexity index is 820. The Morgan fingerprint density at radius 3 is 2.08 bits per heavy atom. The van der Waals surface area contributed by atoms with E-state index < -0.39 is 110 Å². The number of ether oxygens (including phenoxy) is 4. The van der Waals surface area contributed by atoms with E-state index >= 15 is 0 Å². The normalized spacial score (nSPS) is 47.0. The highest BCUT2D eigenvalue weighted by atomic mass is 19.1. The molecule has 2 aliphatic heterocycles. The van der Waals surface area contributed by atoms with Crippen molar-refractivity contribution in [3.8, 4) is 0 Å². The van der Waals surface area contributed by atoms with Crippen LogP contribution in [0.1, 0.15) is 12.8 Å². The monoisotopic (exact) mass is 587 g/mol. The lowest BCUT2D eigenvalue weighted by Crippen LogP contribution is -2.69. The molecule has 3 aliphatic rings. The number of hydrogen-bond donors (Lipinski definition) is 12. The quantitative estimate of drug-likeness (QED) is 0.113. The number of nitrogens with two attached hydrogens (primary N) is 4. The van der Waals surface area contributed by atoms with E-state index in [-0.39, 0.29) is 25.9 Å². The zero-order valence-electron chi connectivity index (χ0n) is 21.6. The molecule has 40 heavy (non-hydrogen) atoms. The van der Waals surface area contributed by atoms with Gasteiger partial charge in [-0.05, 0) is 19.4 Å². The summed E-state index contributed by atoms with van der Waals surface area (Å²) in [7, 11) is 0. The van der Waals surface area contributed by atoms with Gasteiger partial charge >= 0.3 is 0 Å². The summed E-state index contributed by atoms with van der Waals surface area (Å²) >= 11 is 0. The highest BCUT2D eigenvalue weighted by Gasteiger charge is 2.52. The van der Waals surface area contributed by atoms with E-state index in [1.807, 2.05) is 0 Å². The van der Waals surface area contributed by atoms with Gasteiger partial charge in [-0.3, -0.25) is 4.79 Å². The summed E-state index contributed by atoms with van der Waals surface area (Å²) in [6.07, 6.45) is -20.9. The van der Waals surface area contributed by atoms with Crippen molar-refractivity contribution in [1.29, 1.82) is 0 Å². The van der Waals surface area contributed by atoms with Crippen molar-refractivity contribution in [2.24, 2.45) is 22.9 Å². The van der Waals surface area contributed by atoms with Crippen LogP contribution in [0.2, 0.25) is 0 Å². The number of amides is 1. The Labute approximate surface area is 229 Å². The van der Waals surface area contributed by atoms with E-state index in [0.29, 0.717) is 0 Å². The first-order valence-electron chi connectivity index (χ1n) is 13.0. The predicted octanol–water partition coefficient (Wildman–Crippen LogP) is -7.45. The van der Waals surface area contributed by atoms with Gasteiger partial charge in [-0.15, -0.1) is 0 Å². The van der Waals surface area contributed by atoms with Crippen LogP contribution < -0.4 is 28.3 Å². The van der Waals surface area contributed by atoms with Crippen LogP contribution in [-0.2, 0) is 23.7 Å². The molecule has 0 bridgehead atoms. The molecule has 1 saturated carbocycles. The first-order valence-corrected chi connectivity index (χ1v) is 13.0. The molecule has 234 valence electrons. The minimum absolute atomic E-state index is 0.115. The second kappa shape index (κ2) is 14.3. The smallest absolute Gasteiger partial charge is 0.254 e. The lowest BCUT2D eigenvalue weighted by atomic mass is 9.83. The summed E-state index contributed by atoms with van der Waals surface area (Å²) in [4.78, 5) is 12.5. The molecule has 18 heteroatoms. The van der Waals surface area contributed by atoms with Gasteiger partial charge in [0, 0.05) is 12.6 Å². The van der Waals surface area contributed by atoms with E-state index in [4.69, 9.17) is 41.9 Å². The van der Waals surface area contributed by atoms with Crippen LogP contribution >= 0.6 is 0 Å². The van der Waals surface area contributed by atoms with E-state index in [1.165, 1.54) is 0 Å². The van der Waals surface area contributed by atoms with E-state index in [0.717, 1.165) is 0 Å². The van der Waals surface area contributed by atoms with Gasteiger partial charge in [0.15, 0.2) is 18.8 Å². The molecule has 1 aliphatic carbocycles. The Morgan fingerprint density at radius 2 is 1.48 bits per heavy atom. The number of aliphatic hydroxyl groups excluding tert-OH is 7. The fourth-order valence-corrected chi connectivity index (χ4v) is 5.05. The number of aliphatic hydroxyl groups is 7. The minimum Gasteiger partial charge on any atom is -0.394 e. The summed E-state index contributed by atoms with van der Waals surface area (Å²) in [6, 6.07) is -3.60. The third kappa shape index (κ3) is 7.05. The van der Waals surface area contributed by atoms with Crippen molar-refractivity contribution >= 4 is 5.91 Å². The number of halogens is 1. The third-order valence-corrected chi connectivity index (χ3v) is 7.47. The molecule has 3 rings (SSSR count). The van der Waals surface area contributed by atoms with Gasteiger partial charge in [0.05, 0.1) is 18.7 Å². The maximum absolute atomic E-state index is 14.3. The lowest BCUT2D eigenvalue weighted by Gasteiger charge is -2.48. The third-order valence-electron chi connectivity index (χ3n) is 7.47. The topological polar surface area (TPSA) is 312 Å². The minimum atomic E-state index is -1.99. The highest BCUT2D eigenvalue weighted by molar-refractivity contribution is 5.81. The van der Waals surface area contributed by atoms with Gasteiger partial charge < -0.3 is 82.9 Å². The Hall–Kier alpha value is -1.20. The fourth-order valence-electron chi connectivity index (χ4n) is 5.05. The molecule has 1 amide bonds. The maximum Gasteiger partial charge on any atom is 0.254 e. The molecule has 0 spiro atoms. The molecular formula is C22H42FN5O12. The second-order valence-corrected chi connectivity index (χ2v) is 10.3. The van der Waals surface area contributed by atoms with Gasteiger partial charge in [0.1, 0.15) is 61.0 Å². The summed E-state index contributed by atoms with van der Waals surface area (Å²) in [5, 5.41) is 74.5. The van der Waals surface area contributed by atoms with Crippen molar-refractivity contribution in [1.82, 2.24) is 5.32 Å². The van der Waals surface area contributed by atoms with Crippen LogP contribution in [-0.4, -0.2) is 159 Å². The predicted molar refractivity (Wildman–Crippen MR) is 130 cm³/mol. The maximum atomic E-state index is 14.3. The summed E-state index contributed by atoms with van der Waals surface area (Å²) < 4.78 is 36.7. The van der Waals surface area contributed by atoms with Crippen molar-refractivity contribution in [3.63, 3.8) is 0 Å². The van der Waals surface area contributed by atoms with Gasteiger partial charge in [-0.25, -0.2) is 4.39 Å². The zero-order chi connectivity index (χ0) is 29.9. The lowest BCUT2D eigenvalue weighted by molar-refractivity contribution is -0.332. The van der Waals surface area contributed by atoms with Crippen LogP contribution in [0.5, 0.6) is 0 Å². The summed E-state index contributed by atoms with van der Waals surface area (Å²) in [5.41, 5.74) is 22.9. The second-order valence-electron chi connectivity index (χ2n) is 10.3. The SMILES string of the molecule is NCCC(F)C(=O)NC1CC(N)C(OC2OC(CN)C(O)C(O)C2O)C(O)C1OC1OC(CO)C(O)C(N)C1O. The van der Waals surface area contributed by atoms with Crippen LogP contribution in [0.4, 0.5) is 4.39 Å². The molecule has 17 nitrogen and oxygen atoms in total. The Kier molecular flexibility index (Phi) is 11.9. The van der Waals surface area contributed by atoms with Crippen LogP contribution in [0.3, 0.4) is 0 Å². The molecule has 16 N–H and O–H groups in total.